The fourth-order valence-corrected chi connectivity index (χ4v) is 0.722. The average molecular weight is 122 g/mol. The smallest absolute Gasteiger partial charge is 0.0819 e. The van der Waals surface area contributed by atoms with Crippen molar-refractivity contribution < 1.29 is 0 Å². The summed E-state index contributed by atoms with van der Waals surface area (Å²) in [5.41, 5.74) is 7.22. The van der Waals surface area contributed by atoms with Gasteiger partial charge in [0.05, 0.1) is 11.4 Å². The first-order valence-corrected chi connectivity index (χ1v) is 3.05. The molecule has 9 heavy (non-hydrogen) atoms. The van der Waals surface area contributed by atoms with E-state index in [9.17, 15) is 0 Å². The van der Waals surface area contributed by atoms with Crippen LogP contribution in [0.3, 0.4) is 0 Å². The summed E-state index contributed by atoms with van der Waals surface area (Å²) in [6.07, 6.45) is 6.52. The van der Waals surface area contributed by atoms with Gasteiger partial charge in [0.25, 0.3) is 0 Å². The normalized spacial score (nSPS) is 21.0. The van der Waals surface area contributed by atoms with Crippen molar-refractivity contribution >= 4 is 6.21 Å². The summed E-state index contributed by atoms with van der Waals surface area (Å²) in [6, 6.07) is 0. The van der Waals surface area contributed by atoms with E-state index in [1.807, 2.05) is 12.2 Å². The number of hydrogen-bond acceptors (Lipinski definition) is 2. The molecule has 0 saturated carbocycles. The molecule has 0 saturated heterocycles. The third-order valence-corrected chi connectivity index (χ3v) is 1.16. The molecular formula is C7H10N2. The lowest BCUT2D eigenvalue weighted by molar-refractivity contribution is 1.16. The molecule has 0 fully saturated rings. The predicted molar refractivity (Wildman–Crippen MR) is 39.1 cm³/mol. The van der Waals surface area contributed by atoms with E-state index in [1.165, 1.54) is 0 Å². The van der Waals surface area contributed by atoms with Crippen LogP contribution in [-0.4, -0.2) is 6.21 Å². The highest BCUT2D eigenvalue weighted by Crippen LogP contribution is 2.10. The van der Waals surface area contributed by atoms with Crippen LogP contribution >= 0.6 is 0 Å². The van der Waals surface area contributed by atoms with Gasteiger partial charge in [-0.15, -0.1) is 0 Å². The molecule has 1 heterocycles. The van der Waals surface area contributed by atoms with Crippen LogP contribution in [0.15, 0.2) is 28.5 Å². The van der Waals surface area contributed by atoms with Crippen LogP contribution in [0.25, 0.3) is 0 Å². The van der Waals surface area contributed by atoms with Crippen molar-refractivity contribution in [2.45, 2.75) is 13.3 Å². The Morgan fingerprint density at radius 3 is 3.00 bits per heavy atom. The predicted octanol–water partition coefficient (Wildman–Crippen LogP) is 1.21. The summed E-state index contributed by atoms with van der Waals surface area (Å²) in [5.74, 6) is 0. The summed E-state index contributed by atoms with van der Waals surface area (Å²) >= 11 is 0. The van der Waals surface area contributed by atoms with E-state index in [-0.39, 0.29) is 0 Å². The van der Waals surface area contributed by atoms with Crippen molar-refractivity contribution in [1.29, 1.82) is 0 Å². The van der Waals surface area contributed by atoms with Gasteiger partial charge < -0.3 is 5.73 Å². The first kappa shape index (κ1) is 6.08. The molecule has 0 aromatic rings. The van der Waals surface area contributed by atoms with E-state index < -0.39 is 0 Å². The molecule has 0 aromatic heterocycles. The molecular weight excluding hydrogens is 112 g/mol. The number of aliphatic imine (C=N–C) groups is 1. The molecule has 1 aliphatic rings. The zero-order valence-corrected chi connectivity index (χ0v) is 5.46. The van der Waals surface area contributed by atoms with Gasteiger partial charge in [0.2, 0.25) is 0 Å². The van der Waals surface area contributed by atoms with Gasteiger partial charge in [0.15, 0.2) is 0 Å². The minimum Gasteiger partial charge on any atom is -0.397 e. The number of hydrogen-bond donors (Lipinski definition) is 1. The summed E-state index contributed by atoms with van der Waals surface area (Å²) < 4.78 is 0. The molecule has 2 N–H and O–H groups in total. The Kier molecular flexibility index (Phi) is 1.68. The Hall–Kier alpha value is -1.05. The molecule has 0 aromatic carbocycles. The Morgan fingerprint density at radius 2 is 2.56 bits per heavy atom. The topological polar surface area (TPSA) is 38.4 Å². The molecule has 0 bridgehead atoms. The van der Waals surface area contributed by atoms with Gasteiger partial charge >= 0.3 is 0 Å². The van der Waals surface area contributed by atoms with Gasteiger partial charge in [-0.25, -0.2) is 0 Å². The molecule has 0 radical (unpaired) electrons. The first-order chi connectivity index (χ1) is 4.34. The van der Waals surface area contributed by atoms with Gasteiger partial charge in [0, 0.05) is 6.21 Å². The van der Waals surface area contributed by atoms with Crippen molar-refractivity contribution in [2.75, 3.05) is 0 Å². The van der Waals surface area contributed by atoms with Crippen LogP contribution in [0.4, 0.5) is 0 Å². The SMILES string of the molecule is CC/C=C1/N=CC=C1N. The van der Waals surface area contributed by atoms with Crippen molar-refractivity contribution in [2.24, 2.45) is 10.7 Å². The second kappa shape index (κ2) is 2.49. The van der Waals surface area contributed by atoms with E-state index >= 15 is 0 Å². The van der Waals surface area contributed by atoms with Crippen molar-refractivity contribution in [1.82, 2.24) is 0 Å². The fourth-order valence-electron chi connectivity index (χ4n) is 0.722. The van der Waals surface area contributed by atoms with Crippen LogP contribution in [0.2, 0.25) is 0 Å². The van der Waals surface area contributed by atoms with Gasteiger partial charge in [-0.3, -0.25) is 4.99 Å². The lowest BCUT2D eigenvalue weighted by atomic mass is 10.3. The summed E-state index contributed by atoms with van der Waals surface area (Å²) in [6.45, 7) is 2.06. The lowest BCUT2D eigenvalue weighted by Crippen LogP contribution is -1.94. The average Bonchev–Trinajstić information content (AvgIpc) is 2.18. The Balaban J connectivity index is 2.74. The van der Waals surface area contributed by atoms with E-state index in [0.717, 1.165) is 17.8 Å². The molecule has 2 nitrogen and oxygen atoms in total. The van der Waals surface area contributed by atoms with Crippen LogP contribution in [-0.2, 0) is 0 Å². The van der Waals surface area contributed by atoms with Crippen LogP contribution in [0, 0.1) is 0 Å². The quantitative estimate of drug-likeness (QED) is 0.557. The molecule has 0 amide bonds. The number of allylic oxidation sites excluding steroid dienone is 2. The van der Waals surface area contributed by atoms with E-state index in [0.29, 0.717) is 0 Å². The maximum absolute atomic E-state index is 5.53. The molecule has 1 rings (SSSR count). The monoisotopic (exact) mass is 122 g/mol. The molecule has 48 valence electrons. The van der Waals surface area contributed by atoms with Gasteiger partial charge in [-0.1, -0.05) is 13.0 Å². The maximum Gasteiger partial charge on any atom is 0.0819 e. The number of rotatable bonds is 1. The van der Waals surface area contributed by atoms with Crippen molar-refractivity contribution in [3.8, 4) is 0 Å². The second-order valence-corrected chi connectivity index (χ2v) is 1.90. The van der Waals surface area contributed by atoms with Crippen molar-refractivity contribution in [3.05, 3.63) is 23.5 Å². The maximum atomic E-state index is 5.53. The van der Waals surface area contributed by atoms with Gasteiger partial charge in [0.1, 0.15) is 0 Å². The largest absolute Gasteiger partial charge is 0.397 e. The Labute approximate surface area is 54.8 Å². The van der Waals surface area contributed by atoms with Gasteiger partial charge in [-0.05, 0) is 12.5 Å². The molecule has 2 heteroatoms. The first-order valence-electron chi connectivity index (χ1n) is 3.05. The minimum absolute atomic E-state index is 0.775. The van der Waals surface area contributed by atoms with E-state index in [2.05, 4.69) is 11.9 Å². The van der Waals surface area contributed by atoms with Crippen LogP contribution in [0.1, 0.15) is 13.3 Å². The highest BCUT2D eigenvalue weighted by molar-refractivity contribution is 5.78. The standard InChI is InChI=1S/C7H10N2/c1-2-3-7-6(8)4-5-9-7/h3-5H,2,8H2,1H3/b7-3+. The minimum atomic E-state index is 0.775. The molecule has 0 aliphatic carbocycles. The molecule has 0 atom stereocenters. The van der Waals surface area contributed by atoms with Crippen molar-refractivity contribution in [3.63, 3.8) is 0 Å². The highest BCUT2D eigenvalue weighted by Gasteiger charge is 1.99. The molecule has 1 aliphatic heterocycles. The van der Waals surface area contributed by atoms with E-state index in [1.54, 1.807) is 6.21 Å². The second-order valence-electron chi connectivity index (χ2n) is 1.90. The van der Waals surface area contributed by atoms with E-state index in [4.69, 9.17) is 5.73 Å². The third-order valence-electron chi connectivity index (χ3n) is 1.16. The third kappa shape index (κ3) is 1.19. The fraction of sp³-hybridized carbons (Fsp3) is 0.286. The molecule has 0 spiro atoms. The lowest BCUT2D eigenvalue weighted by Gasteiger charge is -1.92. The Bertz CT molecular complexity index is 187. The summed E-state index contributed by atoms with van der Waals surface area (Å²) in [4.78, 5) is 4.02. The number of nitrogens with zero attached hydrogens (tertiary/aromatic N) is 1. The summed E-state index contributed by atoms with van der Waals surface area (Å²) in [7, 11) is 0. The Morgan fingerprint density at radius 1 is 1.78 bits per heavy atom. The highest BCUT2D eigenvalue weighted by atomic mass is 14.8. The zero-order chi connectivity index (χ0) is 6.69. The zero-order valence-electron chi connectivity index (χ0n) is 5.46. The van der Waals surface area contributed by atoms with Crippen LogP contribution < -0.4 is 5.73 Å². The number of nitrogens with two attached hydrogens (primary N) is 1. The summed E-state index contributed by atoms with van der Waals surface area (Å²) in [5, 5.41) is 0. The molecule has 0 unspecified atom stereocenters. The van der Waals surface area contributed by atoms with Gasteiger partial charge in [-0.2, -0.15) is 0 Å². The van der Waals surface area contributed by atoms with Crippen LogP contribution in [0.5, 0.6) is 0 Å².